The van der Waals surface area contributed by atoms with Gasteiger partial charge in [0.15, 0.2) is 0 Å². The van der Waals surface area contributed by atoms with Gasteiger partial charge in [-0.05, 0) is 31.1 Å². The smallest absolute Gasteiger partial charge is 0.326 e. The van der Waals surface area contributed by atoms with E-state index >= 15 is 0 Å². The van der Waals surface area contributed by atoms with E-state index < -0.39 is 12.0 Å². The Morgan fingerprint density at radius 3 is 2.53 bits per heavy atom. The van der Waals surface area contributed by atoms with E-state index in [0.717, 1.165) is 12.8 Å². The van der Waals surface area contributed by atoms with Crippen LogP contribution in [0.1, 0.15) is 40.0 Å². The molecule has 3 N–H and O–H groups in total. The molecule has 1 aliphatic heterocycles. The van der Waals surface area contributed by atoms with E-state index in [1.165, 1.54) is 4.90 Å². The normalized spacial score (nSPS) is 25.4. The summed E-state index contributed by atoms with van der Waals surface area (Å²) in [5.41, 5.74) is 5.69. The van der Waals surface area contributed by atoms with E-state index in [9.17, 15) is 14.7 Å². The van der Waals surface area contributed by atoms with Gasteiger partial charge in [0.05, 0.1) is 5.92 Å². The average Bonchev–Trinajstić information content (AvgIpc) is 2.34. The maximum Gasteiger partial charge on any atom is 0.326 e. The van der Waals surface area contributed by atoms with Crippen molar-refractivity contribution in [2.75, 3.05) is 13.1 Å². The van der Waals surface area contributed by atoms with Crippen LogP contribution >= 0.6 is 0 Å². The number of hydrogen-bond donors (Lipinski definition) is 2. The molecule has 0 aliphatic carbocycles. The Kier molecular flexibility index (Phi) is 5.79. The molecule has 0 radical (unpaired) electrons. The molecule has 0 aromatic carbocycles. The number of rotatable bonds is 5. The number of aliphatic carboxylic acids is 1. The first-order valence-corrected chi connectivity index (χ1v) is 7.11. The summed E-state index contributed by atoms with van der Waals surface area (Å²) in [5.74, 6) is -0.862. The number of nitrogens with two attached hydrogens (primary N) is 1. The predicted molar refractivity (Wildman–Crippen MR) is 73.5 cm³/mol. The third-order valence-electron chi connectivity index (χ3n) is 3.86. The standard InChI is InChI=1S/C14H26N2O3/c1-9(2)7-11(8-15)13(17)16-6-4-5-10(3)12(16)14(18)19/h9-12H,4-8,15H2,1-3H3,(H,18,19). The van der Waals surface area contributed by atoms with Gasteiger partial charge in [-0.1, -0.05) is 20.8 Å². The maximum atomic E-state index is 12.5. The molecule has 1 saturated heterocycles. The minimum atomic E-state index is -0.902. The van der Waals surface area contributed by atoms with Crippen molar-refractivity contribution in [2.24, 2.45) is 23.5 Å². The van der Waals surface area contributed by atoms with Crippen molar-refractivity contribution in [3.05, 3.63) is 0 Å². The number of carbonyl (C=O) groups excluding carboxylic acids is 1. The van der Waals surface area contributed by atoms with Gasteiger partial charge in [0.25, 0.3) is 0 Å². The zero-order valence-corrected chi connectivity index (χ0v) is 12.1. The molecular weight excluding hydrogens is 244 g/mol. The first-order chi connectivity index (χ1) is 8.88. The average molecular weight is 270 g/mol. The number of carboxylic acids is 1. The van der Waals surface area contributed by atoms with Crippen LogP contribution in [0.4, 0.5) is 0 Å². The number of nitrogens with zero attached hydrogens (tertiary/aromatic N) is 1. The van der Waals surface area contributed by atoms with Crippen molar-refractivity contribution in [1.29, 1.82) is 0 Å². The van der Waals surface area contributed by atoms with E-state index in [2.05, 4.69) is 0 Å². The number of hydrogen-bond acceptors (Lipinski definition) is 3. The van der Waals surface area contributed by atoms with Crippen LogP contribution in [0.25, 0.3) is 0 Å². The summed E-state index contributed by atoms with van der Waals surface area (Å²) >= 11 is 0. The number of carbonyl (C=O) groups is 2. The minimum absolute atomic E-state index is 0.00711. The highest BCUT2D eigenvalue weighted by atomic mass is 16.4. The lowest BCUT2D eigenvalue weighted by Gasteiger charge is -2.39. The summed E-state index contributed by atoms with van der Waals surface area (Å²) in [7, 11) is 0. The minimum Gasteiger partial charge on any atom is -0.480 e. The molecule has 5 heteroatoms. The summed E-state index contributed by atoms with van der Waals surface area (Å²) in [5, 5.41) is 9.34. The summed E-state index contributed by atoms with van der Waals surface area (Å²) in [6.45, 7) is 6.81. The lowest BCUT2D eigenvalue weighted by molar-refractivity contribution is -0.156. The lowest BCUT2D eigenvalue weighted by atomic mass is 9.88. The molecule has 1 fully saturated rings. The monoisotopic (exact) mass is 270 g/mol. The summed E-state index contributed by atoms with van der Waals surface area (Å²) in [6, 6.07) is -0.692. The fraction of sp³-hybridized carbons (Fsp3) is 0.857. The Morgan fingerprint density at radius 1 is 1.42 bits per heavy atom. The Balaban J connectivity index is 2.84. The summed E-state index contributed by atoms with van der Waals surface area (Å²) < 4.78 is 0. The molecule has 19 heavy (non-hydrogen) atoms. The highest BCUT2D eigenvalue weighted by Crippen LogP contribution is 2.26. The Hall–Kier alpha value is -1.10. The summed E-state index contributed by atoms with van der Waals surface area (Å²) in [6.07, 6.45) is 2.44. The van der Waals surface area contributed by atoms with E-state index in [1.54, 1.807) is 0 Å². The van der Waals surface area contributed by atoms with E-state index in [-0.39, 0.29) is 24.3 Å². The van der Waals surface area contributed by atoms with Gasteiger partial charge in [0.2, 0.25) is 5.91 Å². The molecule has 1 rings (SSSR count). The van der Waals surface area contributed by atoms with Crippen LogP contribution in [0.15, 0.2) is 0 Å². The zero-order valence-electron chi connectivity index (χ0n) is 12.1. The largest absolute Gasteiger partial charge is 0.480 e. The van der Waals surface area contributed by atoms with Gasteiger partial charge in [0, 0.05) is 13.1 Å². The second-order valence-corrected chi connectivity index (χ2v) is 6.00. The van der Waals surface area contributed by atoms with Gasteiger partial charge in [-0.3, -0.25) is 4.79 Å². The molecule has 5 nitrogen and oxygen atoms in total. The Bertz CT molecular complexity index is 331. The molecule has 3 unspecified atom stereocenters. The van der Waals surface area contributed by atoms with Gasteiger partial charge in [-0.15, -0.1) is 0 Å². The molecule has 110 valence electrons. The van der Waals surface area contributed by atoms with Crippen molar-refractivity contribution in [1.82, 2.24) is 4.90 Å². The molecule has 1 aliphatic rings. The first kappa shape index (κ1) is 16.0. The topological polar surface area (TPSA) is 83.6 Å². The molecule has 1 heterocycles. The van der Waals surface area contributed by atoms with Crippen LogP contribution in [-0.4, -0.2) is 41.0 Å². The van der Waals surface area contributed by atoms with Crippen LogP contribution in [0, 0.1) is 17.8 Å². The molecule has 0 aromatic heterocycles. The number of piperidine rings is 1. The van der Waals surface area contributed by atoms with Crippen LogP contribution in [-0.2, 0) is 9.59 Å². The molecule has 3 atom stereocenters. The van der Waals surface area contributed by atoms with Crippen LogP contribution in [0.2, 0.25) is 0 Å². The summed E-state index contributed by atoms with van der Waals surface area (Å²) in [4.78, 5) is 25.4. The van der Waals surface area contributed by atoms with Gasteiger partial charge in [0.1, 0.15) is 6.04 Å². The third-order valence-corrected chi connectivity index (χ3v) is 3.86. The van der Waals surface area contributed by atoms with Crippen molar-refractivity contribution >= 4 is 11.9 Å². The molecule has 0 spiro atoms. The maximum absolute atomic E-state index is 12.5. The molecule has 1 amide bonds. The number of amides is 1. The van der Waals surface area contributed by atoms with Gasteiger partial charge < -0.3 is 15.7 Å². The van der Waals surface area contributed by atoms with Crippen LogP contribution < -0.4 is 5.73 Å². The second kappa shape index (κ2) is 6.89. The predicted octanol–water partition coefficient (Wildman–Crippen LogP) is 1.32. The van der Waals surface area contributed by atoms with E-state index in [4.69, 9.17) is 5.73 Å². The van der Waals surface area contributed by atoms with Crippen LogP contribution in [0.5, 0.6) is 0 Å². The highest BCUT2D eigenvalue weighted by Gasteiger charge is 2.38. The van der Waals surface area contributed by atoms with Crippen molar-refractivity contribution in [2.45, 2.75) is 46.1 Å². The third kappa shape index (κ3) is 3.93. The van der Waals surface area contributed by atoms with Crippen molar-refractivity contribution in [3.8, 4) is 0 Å². The highest BCUT2D eigenvalue weighted by molar-refractivity contribution is 5.85. The molecule has 0 saturated carbocycles. The van der Waals surface area contributed by atoms with Crippen LogP contribution in [0.3, 0.4) is 0 Å². The fourth-order valence-electron chi connectivity index (χ4n) is 2.91. The van der Waals surface area contributed by atoms with E-state index in [1.807, 2.05) is 20.8 Å². The van der Waals surface area contributed by atoms with Crippen molar-refractivity contribution in [3.63, 3.8) is 0 Å². The molecule has 0 aromatic rings. The molecule has 0 bridgehead atoms. The van der Waals surface area contributed by atoms with Gasteiger partial charge in [-0.25, -0.2) is 4.79 Å². The zero-order chi connectivity index (χ0) is 14.6. The first-order valence-electron chi connectivity index (χ1n) is 7.11. The lowest BCUT2D eigenvalue weighted by Crippen LogP contribution is -2.54. The van der Waals surface area contributed by atoms with E-state index in [0.29, 0.717) is 18.9 Å². The quantitative estimate of drug-likeness (QED) is 0.789. The fourth-order valence-corrected chi connectivity index (χ4v) is 2.91. The second-order valence-electron chi connectivity index (χ2n) is 6.00. The Labute approximate surface area is 115 Å². The van der Waals surface area contributed by atoms with Crippen molar-refractivity contribution < 1.29 is 14.7 Å². The van der Waals surface area contributed by atoms with Gasteiger partial charge >= 0.3 is 5.97 Å². The van der Waals surface area contributed by atoms with Gasteiger partial charge in [-0.2, -0.15) is 0 Å². The SMILES string of the molecule is CC(C)CC(CN)C(=O)N1CCCC(C)C1C(=O)O. The number of carboxylic acid groups (broad SMARTS) is 1. The Morgan fingerprint density at radius 2 is 2.05 bits per heavy atom. The molecular formula is C14H26N2O3. The number of likely N-dealkylation sites (tertiary alicyclic amines) is 1.